The van der Waals surface area contributed by atoms with Crippen LogP contribution in [-0.4, -0.2) is 37.0 Å². The van der Waals surface area contributed by atoms with Crippen LogP contribution in [0.2, 0.25) is 0 Å². The van der Waals surface area contributed by atoms with Gasteiger partial charge in [0.25, 0.3) is 0 Å². The lowest BCUT2D eigenvalue weighted by atomic mass is 9.96. The number of benzene rings is 3. The molecule has 1 aliphatic heterocycles. The van der Waals surface area contributed by atoms with E-state index in [1.54, 1.807) is 30.3 Å². The molecule has 3 aromatic rings. The van der Waals surface area contributed by atoms with E-state index in [0.29, 0.717) is 37.4 Å². The van der Waals surface area contributed by atoms with E-state index in [-0.39, 0.29) is 29.5 Å². The van der Waals surface area contributed by atoms with Crippen LogP contribution in [0.4, 0.5) is 20.2 Å². The van der Waals surface area contributed by atoms with E-state index in [1.165, 1.54) is 24.3 Å². The summed E-state index contributed by atoms with van der Waals surface area (Å²) in [5, 5.41) is 12.8. The molecular formula is C30H32F2N4O. The van der Waals surface area contributed by atoms with Crippen LogP contribution in [-0.2, 0) is 4.79 Å². The summed E-state index contributed by atoms with van der Waals surface area (Å²) in [5.41, 5.74) is 3.86. The molecule has 0 atom stereocenters. The minimum absolute atomic E-state index is 0.0251. The van der Waals surface area contributed by atoms with Gasteiger partial charge in [0.1, 0.15) is 17.7 Å². The Morgan fingerprint density at radius 3 is 1.92 bits per heavy atom. The molecule has 37 heavy (non-hydrogen) atoms. The van der Waals surface area contributed by atoms with Crippen molar-refractivity contribution in [3.63, 3.8) is 0 Å². The summed E-state index contributed by atoms with van der Waals surface area (Å²) < 4.78 is 27.2. The summed E-state index contributed by atoms with van der Waals surface area (Å²) in [7, 11) is 0. The van der Waals surface area contributed by atoms with E-state index in [9.17, 15) is 18.8 Å². The number of nitriles is 1. The van der Waals surface area contributed by atoms with Crippen LogP contribution in [0.25, 0.3) is 0 Å². The molecule has 1 aliphatic rings. The zero-order chi connectivity index (χ0) is 26.4. The Balaban J connectivity index is 1.51. The van der Waals surface area contributed by atoms with Crippen molar-refractivity contribution in [3.8, 4) is 6.07 Å². The molecule has 0 aromatic heterocycles. The topological polar surface area (TPSA) is 59.4 Å². The molecule has 0 radical (unpaired) electrons. The van der Waals surface area contributed by atoms with Crippen LogP contribution < -0.4 is 10.2 Å². The van der Waals surface area contributed by atoms with Crippen molar-refractivity contribution in [2.75, 3.05) is 36.4 Å². The molecule has 5 nitrogen and oxygen atoms in total. The van der Waals surface area contributed by atoms with Gasteiger partial charge in [-0.05, 0) is 66.4 Å². The zero-order valence-electron chi connectivity index (χ0n) is 21.3. The summed E-state index contributed by atoms with van der Waals surface area (Å²) in [4.78, 5) is 17.0. The van der Waals surface area contributed by atoms with Crippen molar-refractivity contribution in [1.82, 2.24) is 4.90 Å². The van der Waals surface area contributed by atoms with Gasteiger partial charge >= 0.3 is 0 Å². The van der Waals surface area contributed by atoms with Crippen molar-refractivity contribution in [2.45, 2.75) is 32.7 Å². The lowest BCUT2D eigenvalue weighted by molar-refractivity contribution is -0.120. The molecule has 1 fully saturated rings. The highest BCUT2D eigenvalue weighted by Crippen LogP contribution is 2.32. The number of hydrogen-bond donors (Lipinski definition) is 1. The number of amides is 1. The van der Waals surface area contributed by atoms with Crippen LogP contribution in [0.15, 0.2) is 66.7 Å². The van der Waals surface area contributed by atoms with Crippen LogP contribution in [0.5, 0.6) is 0 Å². The summed E-state index contributed by atoms with van der Waals surface area (Å²) in [5.74, 6) is -0.665. The van der Waals surface area contributed by atoms with Gasteiger partial charge in [0.15, 0.2) is 0 Å². The highest BCUT2D eigenvalue weighted by Gasteiger charge is 2.27. The summed E-state index contributed by atoms with van der Waals surface area (Å²) >= 11 is 0. The predicted molar refractivity (Wildman–Crippen MR) is 142 cm³/mol. The third-order valence-corrected chi connectivity index (χ3v) is 7.13. The van der Waals surface area contributed by atoms with E-state index >= 15 is 0 Å². The number of halogens is 2. The molecule has 1 N–H and O–H groups in total. The number of rotatable bonds is 8. The average molecular weight is 503 g/mol. The maximum Gasteiger partial charge on any atom is 0.227 e. The smallest absolute Gasteiger partial charge is 0.227 e. The molecule has 0 unspecified atom stereocenters. The van der Waals surface area contributed by atoms with Gasteiger partial charge in [-0.25, -0.2) is 8.78 Å². The van der Waals surface area contributed by atoms with E-state index in [1.807, 2.05) is 26.0 Å². The fourth-order valence-corrected chi connectivity index (χ4v) is 5.01. The monoisotopic (exact) mass is 502 g/mol. The first-order valence-corrected chi connectivity index (χ1v) is 12.8. The van der Waals surface area contributed by atoms with E-state index in [0.717, 1.165) is 29.7 Å². The molecule has 0 aliphatic carbocycles. The van der Waals surface area contributed by atoms with E-state index < -0.39 is 0 Å². The Bertz CT molecular complexity index is 1200. The van der Waals surface area contributed by atoms with Gasteiger partial charge in [0.2, 0.25) is 5.91 Å². The summed E-state index contributed by atoms with van der Waals surface area (Å²) in [6.07, 6.45) is 1.54. The van der Waals surface area contributed by atoms with Crippen molar-refractivity contribution in [2.24, 2.45) is 5.92 Å². The van der Waals surface area contributed by atoms with Crippen molar-refractivity contribution in [3.05, 3.63) is 95.1 Å². The van der Waals surface area contributed by atoms with Gasteiger partial charge in [-0.2, -0.15) is 5.26 Å². The third kappa shape index (κ3) is 6.15. The normalized spacial score (nSPS) is 14.1. The zero-order valence-corrected chi connectivity index (χ0v) is 21.3. The third-order valence-electron chi connectivity index (χ3n) is 7.13. The second-order valence-corrected chi connectivity index (χ2v) is 9.38. The van der Waals surface area contributed by atoms with Crippen LogP contribution in [0, 0.1) is 28.9 Å². The molecule has 1 heterocycles. The fourth-order valence-electron chi connectivity index (χ4n) is 5.01. The molecule has 4 rings (SSSR count). The SMILES string of the molecule is CCC(CC)C(=O)Nc1ccc(N2CCN(C(c3ccc(F)cc3)c3ccc(F)cc3)CC2)c(C#N)c1. The van der Waals surface area contributed by atoms with Crippen molar-refractivity contribution in [1.29, 1.82) is 5.26 Å². The summed E-state index contributed by atoms with van der Waals surface area (Å²) in [6.45, 7) is 6.77. The Kier molecular flexibility index (Phi) is 8.52. The lowest BCUT2D eigenvalue weighted by Gasteiger charge is -2.41. The molecule has 1 saturated heterocycles. The molecule has 3 aromatic carbocycles. The van der Waals surface area contributed by atoms with E-state index in [4.69, 9.17) is 0 Å². The quantitative estimate of drug-likeness (QED) is 0.403. The Hall–Kier alpha value is -3.76. The number of nitrogens with zero attached hydrogens (tertiary/aromatic N) is 3. The van der Waals surface area contributed by atoms with Gasteiger partial charge in [-0.15, -0.1) is 0 Å². The van der Waals surface area contributed by atoms with Crippen molar-refractivity contribution < 1.29 is 13.6 Å². The number of carbonyl (C=O) groups is 1. The molecular weight excluding hydrogens is 470 g/mol. The number of piperazine rings is 1. The van der Waals surface area contributed by atoms with Gasteiger partial charge in [-0.3, -0.25) is 9.69 Å². The molecule has 192 valence electrons. The Labute approximate surface area is 217 Å². The maximum atomic E-state index is 13.6. The molecule has 1 amide bonds. The van der Waals surface area contributed by atoms with Crippen LogP contribution in [0.1, 0.15) is 49.4 Å². The average Bonchev–Trinajstić information content (AvgIpc) is 2.92. The Morgan fingerprint density at radius 2 is 1.43 bits per heavy atom. The van der Waals surface area contributed by atoms with Crippen molar-refractivity contribution >= 4 is 17.3 Å². The first kappa shape index (κ1) is 26.3. The maximum absolute atomic E-state index is 13.6. The van der Waals surface area contributed by atoms with Crippen LogP contribution in [0.3, 0.4) is 0 Å². The largest absolute Gasteiger partial charge is 0.368 e. The van der Waals surface area contributed by atoms with Gasteiger partial charge in [-0.1, -0.05) is 38.1 Å². The van der Waals surface area contributed by atoms with Gasteiger partial charge in [0.05, 0.1) is 17.3 Å². The number of nitrogens with one attached hydrogen (secondary N) is 1. The first-order valence-electron chi connectivity index (χ1n) is 12.8. The molecule has 0 spiro atoms. The second kappa shape index (κ2) is 12.0. The number of carbonyl (C=O) groups excluding carboxylic acids is 1. The molecule has 0 bridgehead atoms. The number of hydrogen-bond acceptors (Lipinski definition) is 4. The predicted octanol–water partition coefficient (Wildman–Crippen LogP) is 6.12. The van der Waals surface area contributed by atoms with Gasteiger partial charge < -0.3 is 10.2 Å². The Morgan fingerprint density at radius 1 is 0.892 bits per heavy atom. The van der Waals surface area contributed by atoms with Gasteiger partial charge in [0, 0.05) is 37.8 Å². The van der Waals surface area contributed by atoms with E-state index in [2.05, 4.69) is 21.2 Å². The molecule has 7 heteroatoms. The minimum Gasteiger partial charge on any atom is -0.368 e. The summed E-state index contributed by atoms with van der Waals surface area (Å²) in [6, 6.07) is 20.5. The first-order chi connectivity index (χ1) is 17.9. The molecule has 0 saturated carbocycles. The highest BCUT2D eigenvalue weighted by molar-refractivity contribution is 5.93. The number of anilines is 2. The highest BCUT2D eigenvalue weighted by atomic mass is 19.1. The standard InChI is InChI=1S/C30H32F2N4O/c1-3-21(4-2)30(37)34-27-13-14-28(24(19-27)20-33)35-15-17-36(18-16-35)29(22-5-9-25(31)10-6-22)23-7-11-26(32)12-8-23/h5-14,19,21,29H,3-4,15-18H2,1-2H3,(H,34,37). The van der Waals surface area contributed by atoms with Crippen LogP contribution >= 0.6 is 0 Å². The minimum atomic E-state index is -0.296. The fraction of sp³-hybridized carbons (Fsp3) is 0.333. The lowest BCUT2D eigenvalue weighted by Crippen LogP contribution is -2.48. The second-order valence-electron chi connectivity index (χ2n) is 9.38.